The molecular formula is C23H20Br3N3O3. The van der Waals surface area contributed by atoms with E-state index >= 15 is 0 Å². The molecule has 0 saturated heterocycles. The topological polar surface area (TPSA) is 65.7 Å². The number of hydrogen-bond acceptors (Lipinski definition) is 5. The molecule has 0 radical (unpaired) electrons. The van der Waals surface area contributed by atoms with Gasteiger partial charge in [0.15, 0.2) is 11.5 Å². The molecule has 3 rings (SSSR count). The lowest BCUT2D eigenvalue weighted by atomic mass is 10.2. The number of benzene rings is 2. The predicted molar refractivity (Wildman–Crippen MR) is 138 cm³/mol. The Hall–Kier alpha value is -2.15. The molecule has 0 amide bonds. The van der Waals surface area contributed by atoms with Gasteiger partial charge in [0.1, 0.15) is 12.4 Å². The van der Waals surface area contributed by atoms with Gasteiger partial charge in [-0.15, -0.1) is 6.42 Å². The van der Waals surface area contributed by atoms with Crippen LogP contribution in [0.1, 0.15) is 31.7 Å². The number of aromatic nitrogens is 2. The first kappa shape index (κ1) is 24.5. The van der Waals surface area contributed by atoms with Crippen LogP contribution in [0.25, 0.3) is 10.9 Å². The lowest BCUT2D eigenvalue weighted by Gasteiger charge is -2.15. The van der Waals surface area contributed by atoms with Crippen molar-refractivity contribution in [3.63, 3.8) is 0 Å². The number of halogens is 3. The fourth-order valence-corrected chi connectivity index (χ4v) is 4.33. The Morgan fingerprint density at radius 2 is 1.97 bits per heavy atom. The summed E-state index contributed by atoms with van der Waals surface area (Å²) in [6, 6.07) is 7.23. The van der Waals surface area contributed by atoms with Gasteiger partial charge >= 0.3 is 0 Å². The van der Waals surface area contributed by atoms with Gasteiger partial charge in [0.25, 0.3) is 5.56 Å². The summed E-state index contributed by atoms with van der Waals surface area (Å²) >= 11 is 10.5. The zero-order chi connectivity index (χ0) is 23.3. The summed E-state index contributed by atoms with van der Waals surface area (Å²) in [4.78, 5) is 17.9. The number of aryl methyl sites for hydroxylation is 1. The fraction of sp³-hybridized carbons (Fsp3) is 0.261. The molecular weight excluding hydrogens is 606 g/mol. The van der Waals surface area contributed by atoms with Crippen molar-refractivity contribution >= 4 is 64.9 Å². The van der Waals surface area contributed by atoms with Crippen molar-refractivity contribution in [2.75, 3.05) is 13.2 Å². The van der Waals surface area contributed by atoms with E-state index in [-0.39, 0.29) is 12.2 Å². The van der Waals surface area contributed by atoms with Crippen molar-refractivity contribution in [1.29, 1.82) is 0 Å². The van der Waals surface area contributed by atoms with Crippen molar-refractivity contribution in [3.8, 4) is 23.8 Å². The summed E-state index contributed by atoms with van der Waals surface area (Å²) in [5.41, 5.74) is 1.10. The summed E-state index contributed by atoms with van der Waals surface area (Å²) in [5, 5.41) is 4.98. The van der Waals surface area contributed by atoms with Gasteiger partial charge in [0, 0.05) is 20.9 Å². The van der Waals surface area contributed by atoms with Crippen LogP contribution in [0.2, 0.25) is 0 Å². The number of fused-ring (bicyclic) bond motifs is 1. The summed E-state index contributed by atoms with van der Waals surface area (Å²) in [6.45, 7) is 4.46. The van der Waals surface area contributed by atoms with Gasteiger partial charge in [-0.2, -0.15) is 9.78 Å². The summed E-state index contributed by atoms with van der Waals surface area (Å²) in [7, 11) is 0. The molecule has 166 valence electrons. The lowest BCUT2D eigenvalue weighted by Crippen LogP contribution is -2.22. The van der Waals surface area contributed by atoms with Crippen molar-refractivity contribution < 1.29 is 9.47 Å². The Morgan fingerprint density at radius 1 is 1.19 bits per heavy atom. The predicted octanol–water partition coefficient (Wildman–Crippen LogP) is 5.93. The average molecular weight is 626 g/mol. The zero-order valence-electron chi connectivity index (χ0n) is 17.5. The van der Waals surface area contributed by atoms with Gasteiger partial charge in [-0.25, -0.2) is 4.98 Å². The van der Waals surface area contributed by atoms with Crippen LogP contribution in [0, 0.1) is 12.3 Å². The maximum atomic E-state index is 13.2. The largest absolute Gasteiger partial charge is 0.490 e. The minimum absolute atomic E-state index is 0.104. The third-order valence-electron chi connectivity index (χ3n) is 4.42. The molecule has 0 aliphatic heterocycles. The molecule has 32 heavy (non-hydrogen) atoms. The lowest BCUT2D eigenvalue weighted by molar-refractivity contribution is 0.297. The minimum atomic E-state index is -0.231. The highest BCUT2D eigenvalue weighted by molar-refractivity contribution is 9.13. The normalized spacial score (nSPS) is 11.1. The fourth-order valence-electron chi connectivity index (χ4n) is 3.03. The SMILES string of the molecule is C#CCOc1c(OCC)cc(C=Nn2c(CCC)nc3ccc(Br)cc3c2=O)c(Br)c1Br. The average Bonchev–Trinajstić information content (AvgIpc) is 2.77. The molecule has 0 aliphatic rings. The summed E-state index contributed by atoms with van der Waals surface area (Å²) in [6.07, 6.45) is 8.36. The number of ether oxygens (including phenoxy) is 2. The monoisotopic (exact) mass is 623 g/mol. The molecule has 1 heterocycles. The quantitative estimate of drug-likeness (QED) is 0.230. The summed E-state index contributed by atoms with van der Waals surface area (Å²) < 4.78 is 14.9. The molecule has 2 aromatic carbocycles. The molecule has 0 N–H and O–H groups in total. The molecule has 9 heteroatoms. The highest BCUT2D eigenvalue weighted by atomic mass is 79.9. The molecule has 0 atom stereocenters. The maximum absolute atomic E-state index is 13.2. The van der Waals surface area contributed by atoms with Crippen molar-refractivity contribution in [2.45, 2.75) is 26.7 Å². The number of hydrogen-bond donors (Lipinski definition) is 0. The van der Waals surface area contributed by atoms with E-state index in [2.05, 4.69) is 63.8 Å². The number of terminal acetylenes is 1. The van der Waals surface area contributed by atoms with E-state index in [1.54, 1.807) is 18.3 Å². The molecule has 3 aromatic rings. The molecule has 0 fully saturated rings. The third-order valence-corrected chi connectivity index (χ3v) is 7.05. The Kier molecular flexibility index (Phi) is 8.51. The molecule has 6 nitrogen and oxygen atoms in total. The Morgan fingerprint density at radius 3 is 2.66 bits per heavy atom. The molecule has 0 saturated carbocycles. The van der Waals surface area contributed by atoms with E-state index in [0.29, 0.717) is 55.8 Å². The van der Waals surface area contributed by atoms with Crippen molar-refractivity contribution in [2.24, 2.45) is 5.10 Å². The van der Waals surface area contributed by atoms with E-state index in [9.17, 15) is 4.79 Å². The van der Waals surface area contributed by atoms with Gasteiger partial charge in [0.05, 0.1) is 28.2 Å². The van der Waals surface area contributed by atoms with E-state index in [1.165, 1.54) is 4.68 Å². The number of rotatable bonds is 8. The van der Waals surface area contributed by atoms with Gasteiger partial charge in [-0.1, -0.05) is 28.8 Å². The highest BCUT2D eigenvalue weighted by Gasteiger charge is 2.17. The first-order chi connectivity index (χ1) is 15.4. The second kappa shape index (κ2) is 11.1. The van der Waals surface area contributed by atoms with Gasteiger partial charge < -0.3 is 9.47 Å². The van der Waals surface area contributed by atoms with Crippen LogP contribution < -0.4 is 15.0 Å². The molecule has 0 aliphatic carbocycles. The minimum Gasteiger partial charge on any atom is -0.490 e. The second-order valence-electron chi connectivity index (χ2n) is 6.65. The molecule has 1 aromatic heterocycles. The summed E-state index contributed by atoms with van der Waals surface area (Å²) in [5.74, 6) is 4.05. The molecule has 0 unspecified atom stereocenters. The number of nitrogens with zero attached hydrogens (tertiary/aromatic N) is 3. The second-order valence-corrected chi connectivity index (χ2v) is 9.15. The van der Waals surface area contributed by atoms with Crippen LogP contribution in [0.4, 0.5) is 0 Å². The van der Waals surface area contributed by atoms with Gasteiger partial charge in [-0.05, 0) is 69.5 Å². The standard InChI is InChI=1S/C23H20Br3N3O3/c1-4-7-19-28-17-9-8-15(24)12-16(17)23(30)29(19)27-13-14-11-18(31-6-3)22(32-10-5-2)21(26)20(14)25/h2,8-9,11-13H,4,6-7,10H2,1,3H3. The van der Waals surface area contributed by atoms with Crippen LogP contribution >= 0.6 is 47.8 Å². The smallest absolute Gasteiger partial charge is 0.282 e. The zero-order valence-corrected chi connectivity index (χ0v) is 22.3. The highest BCUT2D eigenvalue weighted by Crippen LogP contribution is 2.42. The molecule has 0 bridgehead atoms. The van der Waals surface area contributed by atoms with Crippen LogP contribution in [-0.4, -0.2) is 29.1 Å². The van der Waals surface area contributed by atoms with Crippen molar-refractivity contribution in [3.05, 3.63) is 59.4 Å². The van der Waals surface area contributed by atoms with Crippen molar-refractivity contribution in [1.82, 2.24) is 9.66 Å². The Bertz CT molecular complexity index is 1280. The van der Waals surface area contributed by atoms with Crippen LogP contribution in [0.15, 0.2) is 47.6 Å². The first-order valence-electron chi connectivity index (χ1n) is 9.87. The van der Waals surface area contributed by atoms with E-state index in [1.807, 2.05) is 26.0 Å². The third kappa shape index (κ3) is 5.25. The van der Waals surface area contributed by atoms with E-state index in [0.717, 1.165) is 10.9 Å². The van der Waals surface area contributed by atoms with Gasteiger partial charge in [0.2, 0.25) is 0 Å². The Balaban J connectivity index is 2.14. The van der Waals surface area contributed by atoms with E-state index < -0.39 is 0 Å². The van der Waals surface area contributed by atoms with Crippen LogP contribution in [0.5, 0.6) is 11.5 Å². The maximum Gasteiger partial charge on any atom is 0.282 e. The van der Waals surface area contributed by atoms with Gasteiger partial charge in [-0.3, -0.25) is 4.79 Å². The first-order valence-corrected chi connectivity index (χ1v) is 12.3. The van der Waals surface area contributed by atoms with Crippen LogP contribution in [0.3, 0.4) is 0 Å². The molecule has 0 spiro atoms. The van der Waals surface area contributed by atoms with Crippen LogP contribution in [-0.2, 0) is 6.42 Å². The van der Waals surface area contributed by atoms with E-state index in [4.69, 9.17) is 15.9 Å². The Labute approximate surface area is 211 Å².